The molecule has 0 aromatic heterocycles. The lowest BCUT2D eigenvalue weighted by atomic mass is 9.73. The van der Waals surface area contributed by atoms with Crippen molar-refractivity contribution in [3.05, 3.63) is 23.8 Å². The van der Waals surface area contributed by atoms with Crippen molar-refractivity contribution in [2.45, 2.75) is 65.8 Å². The third kappa shape index (κ3) is 3.99. The highest BCUT2D eigenvalue weighted by molar-refractivity contribution is 5.91. The molecule has 1 atom stereocenters. The number of amides is 1. The summed E-state index contributed by atoms with van der Waals surface area (Å²) >= 11 is 0. The molecule has 1 aliphatic rings. The molecule has 1 aromatic carbocycles. The zero-order valence-electron chi connectivity index (χ0n) is 13.8. The van der Waals surface area contributed by atoms with Crippen LogP contribution in [0.15, 0.2) is 18.2 Å². The summed E-state index contributed by atoms with van der Waals surface area (Å²) in [6, 6.07) is 6.61. The monoisotopic (exact) mass is 288 g/mol. The van der Waals surface area contributed by atoms with Gasteiger partial charge in [-0.15, -0.1) is 0 Å². The van der Waals surface area contributed by atoms with Gasteiger partial charge in [0.25, 0.3) is 0 Å². The van der Waals surface area contributed by atoms with E-state index in [0.29, 0.717) is 17.9 Å². The van der Waals surface area contributed by atoms with Gasteiger partial charge < -0.3 is 10.6 Å². The summed E-state index contributed by atoms with van der Waals surface area (Å²) in [7, 11) is 0. The highest BCUT2D eigenvalue weighted by atomic mass is 16.1. The first kappa shape index (κ1) is 15.9. The Bertz CT molecular complexity index is 508. The fraction of sp³-hybridized carbons (Fsp3) is 0.611. The van der Waals surface area contributed by atoms with E-state index in [1.807, 2.05) is 13.0 Å². The Kier molecular flexibility index (Phi) is 4.92. The van der Waals surface area contributed by atoms with E-state index in [0.717, 1.165) is 11.4 Å². The van der Waals surface area contributed by atoms with Crippen molar-refractivity contribution >= 4 is 17.3 Å². The van der Waals surface area contributed by atoms with E-state index in [9.17, 15) is 4.79 Å². The van der Waals surface area contributed by atoms with Crippen LogP contribution in [0.2, 0.25) is 0 Å². The Balaban J connectivity index is 2.15. The highest BCUT2D eigenvalue weighted by Gasteiger charge is 2.32. The molecule has 0 aliphatic heterocycles. The maximum atomic E-state index is 11.5. The maximum absolute atomic E-state index is 11.5. The van der Waals surface area contributed by atoms with Crippen molar-refractivity contribution in [1.29, 1.82) is 0 Å². The summed E-state index contributed by atoms with van der Waals surface area (Å²) in [6.45, 7) is 8.68. The van der Waals surface area contributed by atoms with Gasteiger partial charge in [0, 0.05) is 23.8 Å². The molecule has 1 saturated carbocycles. The minimum absolute atomic E-state index is 0.0581. The molecule has 2 rings (SSSR count). The van der Waals surface area contributed by atoms with Crippen molar-refractivity contribution < 1.29 is 4.79 Å². The lowest BCUT2D eigenvalue weighted by Gasteiger charge is -2.40. The van der Waals surface area contributed by atoms with Crippen molar-refractivity contribution in [3.8, 4) is 0 Å². The summed E-state index contributed by atoms with van der Waals surface area (Å²) in [5, 5.41) is 6.66. The summed E-state index contributed by atoms with van der Waals surface area (Å²) in [6.07, 6.45) is 5.63. The number of carbonyl (C=O) groups is 1. The molecule has 21 heavy (non-hydrogen) atoms. The van der Waals surface area contributed by atoms with Gasteiger partial charge in [-0.3, -0.25) is 4.79 Å². The average molecular weight is 288 g/mol. The molecule has 0 radical (unpaired) electrons. The molecule has 1 aromatic rings. The van der Waals surface area contributed by atoms with Crippen LogP contribution in [0, 0.1) is 12.3 Å². The van der Waals surface area contributed by atoms with Crippen molar-refractivity contribution in [2.24, 2.45) is 5.41 Å². The largest absolute Gasteiger partial charge is 0.381 e. The van der Waals surface area contributed by atoms with Crippen LogP contribution in [0.1, 0.15) is 58.4 Å². The van der Waals surface area contributed by atoms with Gasteiger partial charge in [-0.05, 0) is 42.9 Å². The number of nitrogens with one attached hydrogen (secondary N) is 2. The van der Waals surface area contributed by atoms with Gasteiger partial charge in [-0.1, -0.05) is 39.7 Å². The summed E-state index contributed by atoms with van der Waals surface area (Å²) in [5.74, 6) is 0.0581. The fourth-order valence-electron chi connectivity index (χ4n) is 3.05. The predicted octanol–water partition coefficient (Wildman–Crippen LogP) is 4.72. The van der Waals surface area contributed by atoms with Crippen LogP contribution in [0.25, 0.3) is 0 Å². The second-order valence-corrected chi connectivity index (χ2v) is 6.86. The van der Waals surface area contributed by atoms with Crippen molar-refractivity contribution in [3.63, 3.8) is 0 Å². The van der Waals surface area contributed by atoms with Gasteiger partial charge in [0.2, 0.25) is 5.91 Å². The van der Waals surface area contributed by atoms with Crippen LogP contribution in [0.3, 0.4) is 0 Å². The van der Waals surface area contributed by atoms with Gasteiger partial charge in [0.15, 0.2) is 0 Å². The number of anilines is 2. The molecule has 2 N–H and O–H groups in total. The third-order valence-electron chi connectivity index (χ3n) is 4.68. The number of hydrogen-bond donors (Lipinski definition) is 2. The molecule has 3 nitrogen and oxygen atoms in total. The van der Waals surface area contributed by atoms with Gasteiger partial charge >= 0.3 is 0 Å². The highest BCUT2D eigenvalue weighted by Crippen LogP contribution is 2.38. The van der Waals surface area contributed by atoms with E-state index < -0.39 is 0 Å². The van der Waals surface area contributed by atoms with Crippen LogP contribution in [0.4, 0.5) is 11.4 Å². The van der Waals surface area contributed by atoms with Crippen LogP contribution < -0.4 is 10.6 Å². The van der Waals surface area contributed by atoms with Gasteiger partial charge in [-0.2, -0.15) is 0 Å². The summed E-state index contributed by atoms with van der Waals surface area (Å²) in [4.78, 5) is 11.5. The minimum Gasteiger partial charge on any atom is -0.381 e. The third-order valence-corrected chi connectivity index (χ3v) is 4.68. The Hall–Kier alpha value is -1.51. The van der Waals surface area contributed by atoms with E-state index in [2.05, 4.69) is 43.5 Å². The molecular formula is C18H28N2O. The molecule has 116 valence electrons. The Morgan fingerprint density at radius 1 is 1.33 bits per heavy atom. The predicted molar refractivity (Wildman–Crippen MR) is 89.8 cm³/mol. The van der Waals surface area contributed by atoms with E-state index in [1.54, 1.807) is 0 Å². The van der Waals surface area contributed by atoms with Gasteiger partial charge in [-0.25, -0.2) is 0 Å². The summed E-state index contributed by atoms with van der Waals surface area (Å²) < 4.78 is 0. The smallest absolute Gasteiger partial charge is 0.224 e. The van der Waals surface area contributed by atoms with E-state index in [-0.39, 0.29) is 5.91 Å². The van der Waals surface area contributed by atoms with E-state index >= 15 is 0 Å². The SMILES string of the molecule is CCC(=O)Nc1ccc(C)c(NC2CCCCC2(C)C)c1. The van der Waals surface area contributed by atoms with Gasteiger partial charge in [0.1, 0.15) is 0 Å². The average Bonchev–Trinajstić information content (AvgIpc) is 2.44. The van der Waals surface area contributed by atoms with E-state index in [1.165, 1.54) is 31.2 Å². The molecule has 0 heterocycles. The minimum atomic E-state index is 0.0581. The Morgan fingerprint density at radius 2 is 2.10 bits per heavy atom. The molecule has 1 unspecified atom stereocenters. The second-order valence-electron chi connectivity index (χ2n) is 6.86. The fourth-order valence-corrected chi connectivity index (χ4v) is 3.05. The first-order chi connectivity index (χ1) is 9.92. The topological polar surface area (TPSA) is 41.1 Å². The van der Waals surface area contributed by atoms with Crippen LogP contribution in [-0.4, -0.2) is 11.9 Å². The first-order valence-electron chi connectivity index (χ1n) is 8.09. The lowest BCUT2D eigenvalue weighted by molar-refractivity contribution is -0.115. The number of carbonyl (C=O) groups excluding carboxylic acids is 1. The van der Waals surface area contributed by atoms with Crippen molar-refractivity contribution in [1.82, 2.24) is 0 Å². The molecule has 1 fully saturated rings. The quantitative estimate of drug-likeness (QED) is 0.841. The molecule has 0 spiro atoms. The van der Waals surface area contributed by atoms with Crippen molar-refractivity contribution in [2.75, 3.05) is 10.6 Å². The zero-order valence-corrected chi connectivity index (χ0v) is 13.8. The van der Waals surface area contributed by atoms with E-state index in [4.69, 9.17) is 0 Å². The maximum Gasteiger partial charge on any atom is 0.224 e. The Labute approximate surface area is 128 Å². The van der Waals surface area contributed by atoms with Crippen LogP contribution >= 0.6 is 0 Å². The number of benzene rings is 1. The summed E-state index contributed by atoms with van der Waals surface area (Å²) in [5.41, 5.74) is 3.58. The standard InChI is InChI=1S/C18H28N2O/c1-5-17(21)19-14-10-9-13(2)15(12-14)20-16-8-6-7-11-18(16,3)4/h9-10,12,16,20H,5-8,11H2,1-4H3,(H,19,21). The number of rotatable bonds is 4. The lowest BCUT2D eigenvalue weighted by Crippen LogP contribution is -2.39. The molecule has 0 bridgehead atoms. The normalized spacial score (nSPS) is 20.9. The van der Waals surface area contributed by atoms with Gasteiger partial charge in [0.05, 0.1) is 0 Å². The molecule has 1 amide bonds. The Morgan fingerprint density at radius 3 is 2.76 bits per heavy atom. The second kappa shape index (κ2) is 6.50. The van der Waals surface area contributed by atoms with Crippen LogP contribution in [0.5, 0.6) is 0 Å². The number of aryl methyl sites for hydroxylation is 1. The first-order valence-corrected chi connectivity index (χ1v) is 8.09. The molecule has 3 heteroatoms. The molecule has 1 aliphatic carbocycles. The zero-order chi connectivity index (χ0) is 15.5. The number of hydrogen-bond acceptors (Lipinski definition) is 2. The molecular weight excluding hydrogens is 260 g/mol. The molecule has 0 saturated heterocycles. The van der Waals surface area contributed by atoms with Crippen LogP contribution in [-0.2, 0) is 4.79 Å².